The molecule has 0 unspecified atom stereocenters. The molecular weight excluding hydrogens is 310 g/mol. The lowest BCUT2D eigenvalue weighted by molar-refractivity contribution is -0.132. The number of sulfone groups is 1. The Morgan fingerprint density at radius 2 is 1.83 bits per heavy atom. The minimum Gasteiger partial charge on any atom is -0.341 e. The Bertz CT molecular complexity index is 612. The van der Waals surface area contributed by atoms with Crippen LogP contribution in [0.4, 0.5) is 0 Å². The van der Waals surface area contributed by atoms with E-state index < -0.39 is 15.1 Å². The van der Waals surface area contributed by atoms with Gasteiger partial charge in [-0.1, -0.05) is 43.2 Å². The molecule has 1 saturated carbocycles. The van der Waals surface area contributed by atoms with Gasteiger partial charge < -0.3 is 4.90 Å². The van der Waals surface area contributed by atoms with E-state index in [1.807, 2.05) is 18.2 Å². The van der Waals surface area contributed by atoms with E-state index in [2.05, 4.69) is 12.1 Å². The third kappa shape index (κ3) is 5.06. The fraction of sp³-hybridized carbons (Fsp3) is 0.611. The van der Waals surface area contributed by atoms with Gasteiger partial charge in [0, 0.05) is 25.8 Å². The second-order valence-corrected chi connectivity index (χ2v) is 8.83. The Morgan fingerprint density at radius 3 is 2.48 bits per heavy atom. The zero-order valence-corrected chi connectivity index (χ0v) is 14.9. The molecule has 2 rings (SSSR count). The number of carbonyl (C=O) groups is 1. The molecule has 4 nitrogen and oxygen atoms in total. The van der Waals surface area contributed by atoms with Crippen LogP contribution in [0.2, 0.25) is 0 Å². The number of benzene rings is 1. The van der Waals surface area contributed by atoms with Crippen LogP contribution in [0.5, 0.6) is 0 Å². The number of hydrogen-bond donors (Lipinski definition) is 0. The van der Waals surface area contributed by atoms with Gasteiger partial charge in [-0.2, -0.15) is 0 Å². The highest BCUT2D eigenvalue weighted by atomic mass is 32.2. The number of aryl methyl sites for hydroxylation is 1. The third-order valence-corrected chi connectivity index (χ3v) is 6.46. The van der Waals surface area contributed by atoms with E-state index in [9.17, 15) is 13.2 Å². The van der Waals surface area contributed by atoms with E-state index in [1.54, 1.807) is 11.9 Å². The molecule has 1 aromatic carbocycles. The lowest BCUT2D eigenvalue weighted by atomic mass is 9.93. The average molecular weight is 337 g/mol. The normalized spacial score (nSPS) is 21.8. The molecule has 1 aliphatic carbocycles. The quantitative estimate of drug-likeness (QED) is 0.802. The highest BCUT2D eigenvalue weighted by molar-refractivity contribution is 7.91. The molecule has 0 aliphatic heterocycles. The molecule has 5 heteroatoms. The zero-order chi connectivity index (χ0) is 16.9. The lowest BCUT2D eigenvalue weighted by Gasteiger charge is -2.37. The van der Waals surface area contributed by atoms with Gasteiger partial charge in [0.2, 0.25) is 5.91 Å². The van der Waals surface area contributed by atoms with E-state index in [4.69, 9.17) is 0 Å². The highest BCUT2D eigenvalue weighted by Gasteiger charge is 2.36. The van der Waals surface area contributed by atoms with Crippen molar-refractivity contribution in [2.75, 3.05) is 13.3 Å². The van der Waals surface area contributed by atoms with Gasteiger partial charge in [-0.15, -0.1) is 0 Å². The van der Waals surface area contributed by atoms with Crippen LogP contribution in [-0.4, -0.2) is 43.8 Å². The Labute approximate surface area is 139 Å². The second-order valence-electron chi connectivity index (χ2n) is 6.56. The molecule has 128 valence electrons. The van der Waals surface area contributed by atoms with Crippen molar-refractivity contribution >= 4 is 15.7 Å². The number of nitrogens with zero attached hydrogens (tertiary/aromatic N) is 1. The average Bonchev–Trinajstić information content (AvgIpc) is 2.54. The van der Waals surface area contributed by atoms with Gasteiger partial charge in [0.25, 0.3) is 0 Å². The Hall–Kier alpha value is -1.36. The molecule has 2 atom stereocenters. The summed E-state index contributed by atoms with van der Waals surface area (Å²) in [5.41, 5.74) is 1.23. The van der Waals surface area contributed by atoms with E-state index in [-0.39, 0.29) is 11.9 Å². The van der Waals surface area contributed by atoms with Crippen molar-refractivity contribution in [3.05, 3.63) is 35.9 Å². The molecular formula is C18H27NO3S. The van der Waals surface area contributed by atoms with E-state index in [0.717, 1.165) is 32.1 Å². The summed E-state index contributed by atoms with van der Waals surface area (Å²) in [7, 11) is -1.35. The van der Waals surface area contributed by atoms with E-state index in [1.165, 1.54) is 11.8 Å². The molecule has 1 aromatic rings. The Kier molecular flexibility index (Phi) is 6.22. The van der Waals surface area contributed by atoms with E-state index in [0.29, 0.717) is 12.8 Å². The van der Waals surface area contributed by atoms with E-state index >= 15 is 0 Å². The van der Waals surface area contributed by atoms with Crippen molar-refractivity contribution in [2.24, 2.45) is 0 Å². The minimum absolute atomic E-state index is 0.0569. The molecule has 0 bridgehead atoms. The predicted molar refractivity (Wildman–Crippen MR) is 93.0 cm³/mol. The van der Waals surface area contributed by atoms with Crippen LogP contribution in [0.1, 0.15) is 44.1 Å². The summed E-state index contributed by atoms with van der Waals surface area (Å²) in [6.07, 6.45) is 6.83. The van der Waals surface area contributed by atoms with Crippen molar-refractivity contribution in [3.63, 3.8) is 0 Å². The van der Waals surface area contributed by atoms with Crippen molar-refractivity contribution in [2.45, 2.75) is 56.2 Å². The van der Waals surface area contributed by atoms with Gasteiger partial charge in [0.1, 0.15) is 0 Å². The van der Waals surface area contributed by atoms with Gasteiger partial charge >= 0.3 is 0 Å². The van der Waals surface area contributed by atoms with Crippen LogP contribution >= 0.6 is 0 Å². The third-order valence-electron chi connectivity index (χ3n) is 4.81. The zero-order valence-electron chi connectivity index (χ0n) is 14.1. The van der Waals surface area contributed by atoms with Crippen molar-refractivity contribution in [1.82, 2.24) is 4.90 Å². The van der Waals surface area contributed by atoms with Crippen LogP contribution in [0.25, 0.3) is 0 Å². The lowest BCUT2D eigenvalue weighted by Crippen LogP contribution is -2.49. The van der Waals surface area contributed by atoms with Crippen molar-refractivity contribution < 1.29 is 13.2 Å². The smallest absolute Gasteiger partial charge is 0.222 e. The number of hydrogen-bond acceptors (Lipinski definition) is 3. The van der Waals surface area contributed by atoms with Crippen LogP contribution in [0, 0.1) is 0 Å². The largest absolute Gasteiger partial charge is 0.341 e. The summed E-state index contributed by atoms with van der Waals surface area (Å²) in [6.45, 7) is 0. The molecule has 0 N–H and O–H groups in total. The van der Waals surface area contributed by atoms with Gasteiger partial charge in [-0.3, -0.25) is 4.79 Å². The topological polar surface area (TPSA) is 54.5 Å². The predicted octanol–water partition coefficient (Wildman–Crippen LogP) is 2.82. The Balaban J connectivity index is 1.90. The Morgan fingerprint density at radius 1 is 1.17 bits per heavy atom. The summed E-state index contributed by atoms with van der Waals surface area (Å²) in [5, 5.41) is -0.403. The fourth-order valence-electron chi connectivity index (χ4n) is 3.47. The van der Waals surface area contributed by atoms with Gasteiger partial charge in [-0.05, 0) is 31.2 Å². The maximum absolute atomic E-state index is 12.4. The second kappa shape index (κ2) is 7.95. The molecule has 0 radical (unpaired) electrons. The van der Waals surface area contributed by atoms with Crippen LogP contribution < -0.4 is 0 Å². The van der Waals surface area contributed by atoms with Gasteiger partial charge in [0.05, 0.1) is 5.25 Å². The molecule has 1 aliphatic rings. The molecule has 0 heterocycles. The maximum Gasteiger partial charge on any atom is 0.222 e. The maximum atomic E-state index is 12.4. The van der Waals surface area contributed by atoms with Crippen LogP contribution in [-0.2, 0) is 21.1 Å². The summed E-state index contributed by atoms with van der Waals surface area (Å²) in [5.74, 6) is 0.0569. The minimum atomic E-state index is -3.11. The molecule has 0 spiro atoms. The monoisotopic (exact) mass is 337 g/mol. The van der Waals surface area contributed by atoms with Crippen molar-refractivity contribution in [1.29, 1.82) is 0 Å². The number of rotatable bonds is 6. The first-order valence-corrected chi connectivity index (χ1v) is 10.3. The molecule has 0 saturated heterocycles. The summed E-state index contributed by atoms with van der Waals surface area (Å²) < 4.78 is 24.0. The highest BCUT2D eigenvalue weighted by Crippen LogP contribution is 2.28. The first-order valence-electron chi connectivity index (χ1n) is 8.38. The molecule has 23 heavy (non-hydrogen) atoms. The first kappa shape index (κ1) is 18.0. The standard InChI is InChI=1S/C18H27NO3S/c1-19(16-12-6-7-13-17(16)23(2,21)22)18(20)14-8-11-15-9-4-3-5-10-15/h3-5,9-10,16-17H,6-8,11-14H2,1-2H3/t16-,17-/m0/s1. The molecule has 1 amide bonds. The fourth-order valence-corrected chi connectivity index (χ4v) is 4.95. The number of carbonyl (C=O) groups excluding carboxylic acids is 1. The van der Waals surface area contributed by atoms with Gasteiger partial charge in [-0.25, -0.2) is 8.42 Å². The molecule has 0 aromatic heterocycles. The number of amides is 1. The summed E-state index contributed by atoms with van der Waals surface area (Å²) in [4.78, 5) is 14.1. The molecule has 1 fully saturated rings. The SMILES string of the molecule is CN(C(=O)CCCc1ccccc1)[C@H]1CCCC[C@@H]1S(C)(=O)=O. The van der Waals surface area contributed by atoms with Crippen LogP contribution in [0.15, 0.2) is 30.3 Å². The van der Waals surface area contributed by atoms with Crippen LogP contribution in [0.3, 0.4) is 0 Å². The van der Waals surface area contributed by atoms with Gasteiger partial charge in [0.15, 0.2) is 9.84 Å². The summed E-state index contributed by atoms with van der Waals surface area (Å²) in [6, 6.07) is 9.95. The van der Waals surface area contributed by atoms with Crippen molar-refractivity contribution in [3.8, 4) is 0 Å². The summed E-state index contributed by atoms with van der Waals surface area (Å²) >= 11 is 0. The first-order chi connectivity index (χ1) is 10.9.